The normalized spacial score (nSPS) is 17.4. The molecule has 2 heterocycles. The lowest BCUT2D eigenvalue weighted by molar-refractivity contribution is -0.138. The first kappa shape index (κ1) is 24.3. The number of hydrogen-bond donors (Lipinski definition) is 0. The number of piperidine rings is 1. The molecule has 34 heavy (non-hydrogen) atoms. The molecule has 0 spiro atoms. The molecule has 0 bridgehead atoms. The molecule has 1 fully saturated rings. The van der Waals surface area contributed by atoms with Crippen LogP contribution >= 0.6 is 0 Å². The van der Waals surface area contributed by atoms with Crippen LogP contribution in [0.3, 0.4) is 0 Å². The van der Waals surface area contributed by atoms with E-state index in [0.29, 0.717) is 43.1 Å². The molecule has 0 radical (unpaired) electrons. The molecule has 0 unspecified atom stereocenters. The van der Waals surface area contributed by atoms with E-state index < -0.39 is 21.8 Å². The monoisotopic (exact) mass is 498 g/mol. The molecule has 184 valence electrons. The number of amides is 1. The van der Waals surface area contributed by atoms with Gasteiger partial charge in [-0.05, 0) is 42.7 Å². The number of ether oxygens (including phenoxy) is 2. The highest BCUT2D eigenvalue weighted by molar-refractivity contribution is 7.89. The smallest absolute Gasteiger partial charge is 0.416 e. The Labute approximate surface area is 196 Å². The summed E-state index contributed by atoms with van der Waals surface area (Å²) in [6.07, 6.45) is -3.69. The van der Waals surface area contributed by atoms with Crippen molar-refractivity contribution in [1.82, 2.24) is 9.21 Å². The maximum atomic E-state index is 13.1. The number of carbonyl (C=O) groups is 1. The van der Waals surface area contributed by atoms with Crippen LogP contribution in [0.1, 0.15) is 24.0 Å². The molecule has 0 aromatic heterocycles. The van der Waals surface area contributed by atoms with Crippen molar-refractivity contribution < 1.29 is 35.9 Å². The van der Waals surface area contributed by atoms with Gasteiger partial charge in [-0.3, -0.25) is 4.79 Å². The van der Waals surface area contributed by atoms with E-state index in [2.05, 4.69) is 0 Å². The van der Waals surface area contributed by atoms with Gasteiger partial charge >= 0.3 is 6.18 Å². The molecule has 7 nitrogen and oxygen atoms in total. The van der Waals surface area contributed by atoms with E-state index in [1.807, 2.05) is 0 Å². The first-order valence-electron chi connectivity index (χ1n) is 10.9. The van der Waals surface area contributed by atoms with Gasteiger partial charge < -0.3 is 14.4 Å². The number of carbonyl (C=O) groups excluding carboxylic acids is 1. The number of hydrogen-bond acceptors (Lipinski definition) is 5. The summed E-state index contributed by atoms with van der Waals surface area (Å²) in [4.78, 5) is 14.4. The van der Waals surface area contributed by atoms with Crippen molar-refractivity contribution in [1.29, 1.82) is 0 Å². The fraction of sp³-hybridized carbons (Fsp3) is 0.435. The number of halogens is 3. The molecular formula is C23H25F3N2O5S. The van der Waals surface area contributed by atoms with Crippen LogP contribution < -0.4 is 9.47 Å². The minimum Gasteiger partial charge on any atom is -0.486 e. The van der Waals surface area contributed by atoms with Crippen LogP contribution in [0.15, 0.2) is 47.4 Å². The Kier molecular flexibility index (Phi) is 6.77. The molecule has 2 aliphatic heterocycles. The zero-order valence-electron chi connectivity index (χ0n) is 18.5. The van der Waals surface area contributed by atoms with Gasteiger partial charge in [-0.15, -0.1) is 0 Å². The maximum Gasteiger partial charge on any atom is 0.416 e. The van der Waals surface area contributed by atoms with Crippen molar-refractivity contribution in [3.63, 3.8) is 0 Å². The molecule has 11 heteroatoms. The van der Waals surface area contributed by atoms with E-state index >= 15 is 0 Å². The third-order valence-electron chi connectivity index (χ3n) is 6.03. The number of fused-ring (bicyclic) bond motifs is 1. The van der Waals surface area contributed by atoms with Gasteiger partial charge in [0.05, 0.1) is 10.5 Å². The zero-order chi connectivity index (χ0) is 24.5. The van der Waals surface area contributed by atoms with Crippen LogP contribution in [0.25, 0.3) is 0 Å². The summed E-state index contributed by atoms with van der Waals surface area (Å²) in [6.45, 7) is 1.33. The molecule has 2 aromatic rings. The summed E-state index contributed by atoms with van der Waals surface area (Å²) in [5, 5.41) is 0. The zero-order valence-corrected chi connectivity index (χ0v) is 19.4. The van der Waals surface area contributed by atoms with E-state index in [9.17, 15) is 26.4 Å². The molecule has 0 atom stereocenters. The van der Waals surface area contributed by atoms with E-state index in [0.717, 1.165) is 12.1 Å². The van der Waals surface area contributed by atoms with Gasteiger partial charge in [0.2, 0.25) is 15.9 Å². The fourth-order valence-electron chi connectivity index (χ4n) is 4.14. The Hall–Kier alpha value is -2.79. The lowest BCUT2D eigenvalue weighted by Crippen LogP contribution is -2.43. The van der Waals surface area contributed by atoms with E-state index in [4.69, 9.17) is 9.47 Å². The first-order chi connectivity index (χ1) is 16.1. The molecular weight excluding hydrogens is 473 g/mol. The number of rotatable bonds is 5. The summed E-state index contributed by atoms with van der Waals surface area (Å²) in [5.74, 6) is 0.385. The van der Waals surface area contributed by atoms with Gasteiger partial charge in [0, 0.05) is 38.7 Å². The van der Waals surface area contributed by atoms with Crippen molar-refractivity contribution in [2.24, 2.45) is 5.92 Å². The number of sulfonamides is 1. The summed E-state index contributed by atoms with van der Waals surface area (Å²) >= 11 is 0. The molecule has 0 saturated carbocycles. The third-order valence-corrected chi connectivity index (χ3v) is 7.93. The van der Waals surface area contributed by atoms with Gasteiger partial charge in [0.1, 0.15) is 13.2 Å². The van der Waals surface area contributed by atoms with Crippen molar-refractivity contribution in [3.8, 4) is 11.5 Å². The minimum absolute atomic E-state index is 0.112. The number of benzene rings is 2. The predicted molar refractivity (Wildman–Crippen MR) is 117 cm³/mol. The van der Waals surface area contributed by atoms with Gasteiger partial charge in [0.15, 0.2) is 11.5 Å². The highest BCUT2D eigenvalue weighted by Gasteiger charge is 2.34. The second kappa shape index (κ2) is 9.46. The summed E-state index contributed by atoms with van der Waals surface area (Å²) in [5.41, 5.74) is -0.153. The number of nitrogens with zero attached hydrogens (tertiary/aromatic N) is 2. The van der Waals surface area contributed by atoms with Gasteiger partial charge in [-0.25, -0.2) is 8.42 Å². The van der Waals surface area contributed by atoms with Gasteiger partial charge in [-0.1, -0.05) is 12.1 Å². The maximum absolute atomic E-state index is 13.1. The molecule has 0 N–H and O–H groups in total. The summed E-state index contributed by atoms with van der Waals surface area (Å²) in [7, 11) is -2.15. The lowest BCUT2D eigenvalue weighted by Gasteiger charge is -2.32. The largest absolute Gasteiger partial charge is 0.486 e. The Morgan fingerprint density at radius 2 is 1.65 bits per heavy atom. The molecule has 2 aliphatic rings. The van der Waals surface area contributed by atoms with Gasteiger partial charge in [-0.2, -0.15) is 17.5 Å². The fourth-order valence-corrected chi connectivity index (χ4v) is 5.62. The summed E-state index contributed by atoms with van der Waals surface area (Å²) < 4.78 is 76.6. The van der Waals surface area contributed by atoms with Crippen molar-refractivity contribution in [2.75, 3.05) is 33.4 Å². The quantitative estimate of drug-likeness (QED) is 0.631. The van der Waals surface area contributed by atoms with E-state index in [1.165, 1.54) is 33.5 Å². The second-order valence-corrected chi connectivity index (χ2v) is 10.3. The van der Waals surface area contributed by atoms with Gasteiger partial charge in [0.25, 0.3) is 0 Å². The van der Waals surface area contributed by atoms with Crippen LogP contribution in [-0.2, 0) is 27.5 Å². The molecule has 0 aliphatic carbocycles. The molecule has 2 aromatic carbocycles. The number of alkyl halides is 3. The van der Waals surface area contributed by atoms with Crippen LogP contribution in [-0.4, -0.2) is 56.9 Å². The lowest BCUT2D eigenvalue weighted by atomic mass is 9.96. The predicted octanol–water partition coefficient (Wildman–Crippen LogP) is 3.54. The van der Waals surface area contributed by atoms with E-state index in [-0.39, 0.29) is 36.4 Å². The first-order valence-corrected chi connectivity index (χ1v) is 12.3. The Bertz CT molecular complexity index is 1140. The van der Waals surface area contributed by atoms with Crippen LogP contribution in [0.4, 0.5) is 13.2 Å². The van der Waals surface area contributed by atoms with Crippen LogP contribution in [0.5, 0.6) is 11.5 Å². The Morgan fingerprint density at radius 1 is 1.03 bits per heavy atom. The average molecular weight is 499 g/mol. The van der Waals surface area contributed by atoms with Crippen LogP contribution in [0.2, 0.25) is 0 Å². The third kappa shape index (κ3) is 5.15. The highest BCUT2D eigenvalue weighted by Crippen LogP contribution is 2.34. The molecule has 4 rings (SSSR count). The highest BCUT2D eigenvalue weighted by atomic mass is 32.2. The van der Waals surface area contributed by atoms with Crippen molar-refractivity contribution in [3.05, 3.63) is 53.6 Å². The van der Waals surface area contributed by atoms with E-state index in [1.54, 1.807) is 13.1 Å². The Morgan fingerprint density at radius 3 is 2.26 bits per heavy atom. The Balaban J connectivity index is 1.35. The summed E-state index contributed by atoms with van der Waals surface area (Å²) in [6, 6.07) is 9.22. The van der Waals surface area contributed by atoms with Crippen molar-refractivity contribution in [2.45, 2.75) is 30.5 Å². The topological polar surface area (TPSA) is 76.2 Å². The molecule has 1 amide bonds. The second-order valence-electron chi connectivity index (χ2n) is 8.37. The minimum atomic E-state index is -4.41. The van der Waals surface area contributed by atoms with Crippen molar-refractivity contribution >= 4 is 15.9 Å². The molecule has 1 saturated heterocycles. The standard InChI is InChI=1S/C23H25F3N2O5S/c1-27(15-16-2-4-18(5-3-16)23(24,25)26)22(29)17-8-10-28(11-9-17)34(30,31)19-6-7-20-21(14-19)33-13-12-32-20/h2-7,14,17H,8-13,15H2,1H3. The van der Waals surface area contributed by atoms with Crippen LogP contribution in [0, 0.1) is 5.92 Å². The SMILES string of the molecule is CN(Cc1ccc(C(F)(F)F)cc1)C(=O)C1CCN(S(=O)(=O)c2ccc3c(c2)OCCO3)CC1. The average Bonchev–Trinajstić information content (AvgIpc) is 2.83.